The second-order valence-electron chi connectivity index (χ2n) is 6.86. The molecule has 10 heteroatoms. The first-order valence-corrected chi connectivity index (χ1v) is 9.14. The fourth-order valence-corrected chi connectivity index (χ4v) is 3.22. The lowest BCUT2D eigenvalue weighted by Crippen LogP contribution is -2.39. The average Bonchev–Trinajstić information content (AvgIpc) is 3.15. The van der Waals surface area contributed by atoms with E-state index in [4.69, 9.17) is 4.74 Å². The predicted molar refractivity (Wildman–Crippen MR) is 99.3 cm³/mol. The highest BCUT2D eigenvalue weighted by Crippen LogP contribution is 2.31. The van der Waals surface area contributed by atoms with Crippen LogP contribution in [0, 0.1) is 0 Å². The van der Waals surface area contributed by atoms with Gasteiger partial charge in [0.1, 0.15) is 11.9 Å². The molecule has 7 nitrogen and oxygen atoms in total. The van der Waals surface area contributed by atoms with E-state index in [1.54, 1.807) is 23.3 Å². The summed E-state index contributed by atoms with van der Waals surface area (Å²) in [5, 5.41) is 4.12. The van der Waals surface area contributed by atoms with Gasteiger partial charge in [-0.1, -0.05) is 0 Å². The largest absolute Gasteiger partial charge is 0.460 e. The van der Waals surface area contributed by atoms with Crippen LogP contribution in [0.25, 0.3) is 11.1 Å². The van der Waals surface area contributed by atoms with Gasteiger partial charge >= 0.3 is 12.2 Å². The molecule has 0 aliphatic carbocycles. The molecule has 0 atom stereocenters. The maximum Gasteiger partial charge on any atom is 0.416 e. The van der Waals surface area contributed by atoms with Crippen LogP contribution in [0.5, 0.6) is 6.01 Å². The Bertz CT molecular complexity index is 965. The number of ether oxygens (including phenoxy) is 1. The fourth-order valence-electron chi connectivity index (χ4n) is 3.22. The van der Waals surface area contributed by atoms with Crippen LogP contribution in [0.1, 0.15) is 18.4 Å². The van der Waals surface area contributed by atoms with Gasteiger partial charge in [-0.15, -0.1) is 0 Å². The van der Waals surface area contributed by atoms with Crippen LogP contribution in [0.3, 0.4) is 0 Å². The number of halogens is 3. The lowest BCUT2D eigenvalue weighted by molar-refractivity contribution is -0.137. The number of aromatic nitrogens is 5. The fraction of sp³-hybridized carbons (Fsp3) is 0.368. The number of rotatable bonds is 4. The van der Waals surface area contributed by atoms with Crippen molar-refractivity contribution in [2.24, 2.45) is 7.05 Å². The second-order valence-corrected chi connectivity index (χ2v) is 6.86. The predicted octanol–water partition coefficient (Wildman–Crippen LogP) is 3.34. The van der Waals surface area contributed by atoms with Crippen molar-refractivity contribution >= 4 is 5.82 Å². The van der Waals surface area contributed by atoms with Gasteiger partial charge in [-0.25, -0.2) is 15.0 Å². The Labute approximate surface area is 165 Å². The van der Waals surface area contributed by atoms with Crippen LogP contribution >= 0.6 is 0 Å². The van der Waals surface area contributed by atoms with Gasteiger partial charge in [-0.3, -0.25) is 4.68 Å². The first-order chi connectivity index (χ1) is 13.9. The summed E-state index contributed by atoms with van der Waals surface area (Å²) in [6.45, 7) is 1.10. The van der Waals surface area contributed by atoms with Crippen molar-refractivity contribution in [3.8, 4) is 17.1 Å². The third-order valence-electron chi connectivity index (χ3n) is 4.78. The molecule has 0 radical (unpaired) electrons. The van der Waals surface area contributed by atoms with E-state index in [0.717, 1.165) is 23.3 Å². The number of anilines is 1. The minimum absolute atomic E-state index is 0.0960. The van der Waals surface area contributed by atoms with Gasteiger partial charge in [0.25, 0.3) is 0 Å². The number of pyridine rings is 1. The van der Waals surface area contributed by atoms with Gasteiger partial charge in [0.2, 0.25) is 0 Å². The molecule has 1 aliphatic heterocycles. The number of hydrogen-bond acceptors (Lipinski definition) is 6. The molecular formula is C19H19F3N6O. The van der Waals surface area contributed by atoms with E-state index < -0.39 is 11.7 Å². The number of nitrogens with zero attached hydrogens (tertiary/aromatic N) is 6. The smallest absolute Gasteiger partial charge is 0.416 e. The number of hydrogen-bond donors (Lipinski definition) is 0. The van der Waals surface area contributed by atoms with E-state index in [2.05, 4.69) is 20.1 Å². The molecule has 1 aliphatic rings. The Morgan fingerprint density at radius 2 is 1.76 bits per heavy atom. The lowest BCUT2D eigenvalue weighted by Gasteiger charge is -2.32. The van der Waals surface area contributed by atoms with E-state index >= 15 is 0 Å². The molecule has 29 heavy (non-hydrogen) atoms. The van der Waals surface area contributed by atoms with Gasteiger partial charge < -0.3 is 9.64 Å². The molecule has 0 N–H and O–H groups in total. The molecule has 0 aromatic carbocycles. The van der Waals surface area contributed by atoms with E-state index in [1.165, 1.54) is 6.20 Å². The molecule has 1 fully saturated rings. The molecule has 1 saturated heterocycles. The van der Waals surface area contributed by atoms with Crippen molar-refractivity contribution in [1.82, 2.24) is 24.7 Å². The highest BCUT2D eigenvalue weighted by Gasteiger charge is 2.31. The van der Waals surface area contributed by atoms with E-state index in [-0.39, 0.29) is 12.1 Å². The molecule has 0 spiro atoms. The number of alkyl halides is 3. The highest BCUT2D eigenvalue weighted by atomic mass is 19.4. The summed E-state index contributed by atoms with van der Waals surface area (Å²) >= 11 is 0. The van der Waals surface area contributed by atoms with Gasteiger partial charge in [-0.2, -0.15) is 18.3 Å². The number of piperidine rings is 1. The summed E-state index contributed by atoms with van der Waals surface area (Å²) in [6.07, 6.45) is 4.98. The topological polar surface area (TPSA) is 69.0 Å². The SMILES string of the molecule is Cn1cc(-c2cnc(OC3CCN(c4cc(C(F)(F)F)ccn4)CC3)nc2)cn1. The lowest BCUT2D eigenvalue weighted by atomic mass is 10.1. The third kappa shape index (κ3) is 4.47. The minimum Gasteiger partial charge on any atom is -0.460 e. The van der Waals surface area contributed by atoms with Crippen molar-refractivity contribution in [1.29, 1.82) is 0 Å². The van der Waals surface area contributed by atoms with Crippen molar-refractivity contribution in [2.45, 2.75) is 25.1 Å². The first-order valence-electron chi connectivity index (χ1n) is 9.14. The first kappa shape index (κ1) is 19.2. The zero-order valence-corrected chi connectivity index (χ0v) is 15.7. The van der Waals surface area contributed by atoms with Gasteiger partial charge in [0.05, 0.1) is 11.8 Å². The van der Waals surface area contributed by atoms with E-state index in [0.29, 0.717) is 31.7 Å². The maximum absolute atomic E-state index is 12.9. The summed E-state index contributed by atoms with van der Waals surface area (Å²) in [4.78, 5) is 14.4. The van der Waals surface area contributed by atoms with Crippen LogP contribution in [0.4, 0.5) is 19.0 Å². The van der Waals surface area contributed by atoms with Crippen LogP contribution in [-0.2, 0) is 13.2 Å². The Hall–Kier alpha value is -3.17. The molecule has 0 saturated carbocycles. The molecule has 152 valence electrons. The zero-order chi connectivity index (χ0) is 20.4. The maximum atomic E-state index is 12.9. The molecule has 4 rings (SSSR count). The minimum atomic E-state index is -4.38. The highest BCUT2D eigenvalue weighted by molar-refractivity contribution is 5.59. The van der Waals surface area contributed by atoms with Crippen LogP contribution < -0.4 is 9.64 Å². The van der Waals surface area contributed by atoms with Gasteiger partial charge in [0.15, 0.2) is 0 Å². The van der Waals surface area contributed by atoms with Crippen molar-refractivity contribution < 1.29 is 17.9 Å². The molecule has 4 heterocycles. The Morgan fingerprint density at radius 1 is 1.03 bits per heavy atom. The van der Waals surface area contributed by atoms with Crippen molar-refractivity contribution in [3.63, 3.8) is 0 Å². The summed E-state index contributed by atoms with van der Waals surface area (Å²) in [7, 11) is 1.84. The van der Waals surface area contributed by atoms with Crippen LogP contribution in [0.2, 0.25) is 0 Å². The Morgan fingerprint density at radius 3 is 2.38 bits per heavy atom. The van der Waals surface area contributed by atoms with Crippen LogP contribution in [0.15, 0.2) is 43.1 Å². The summed E-state index contributed by atoms with van der Waals surface area (Å²) in [5.74, 6) is 0.329. The molecule has 0 amide bonds. The van der Waals surface area contributed by atoms with Gasteiger partial charge in [-0.05, 0) is 12.1 Å². The standard InChI is InChI=1S/C19H19F3N6O/c1-27-12-14(11-26-27)13-9-24-18(25-10-13)29-16-3-6-28(7-4-16)17-8-15(2-5-23-17)19(20,21)22/h2,5,8-12,16H,3-4,6-7H2,1H3. The molecule has 3 aromatic heterocycles. The molecule has 0 unspecified atom stereocenters. The summed E-state index contributed by atoms with van der Waals surface area (Å²) in [6, 6.07) is 2.35. The molecule has 0 bridgehead atoms. The summed E-state index contributed by atoms with van der Waals surface area (Å²) < 4.78 is 46.2. The van der Waals surface area contributed by atoms with E-state index in [1.807, 2.05) is 18.1 Å². The quantitative estimate of drug-likeness (QED) is 0.664. The third-order valence-corrected chi connectivity index (χ3v) is 4.78. The molecule has 3 aromatic rings. The second kappa shape index (κ2) is 7.69. The Balaban J connectivity index is 1.34. The van der Waals surface area contributed by atoms with Gasteiger partial charge in [0, 0.05) is 68.9 Å². The monoisotopic (exact) mass is 404 g/mol. The van der Waals surface area contributed by atoms with Crippen molar-refractivity contribution in [2.75, 3.05) is 18.0 Å². The van der Waals surface area contributed by atoms with Crippen LogP contribution in [-0.4, -0.2) is 43.9 Å². The zero-order valence-electron chi connectivity index (χ0n) is 15.7. The Kier molecular flexibility index (Phi) is 5.08. The average molecular weight is 404 g/mol. The van der Waals surface area contributed by atoms with E-state index in [9.17, 15) is 13.2 Å². The normalized spacial score (nSPS) is 15.5. The summed E-state index contributed by atoms with van der Waals surface area (Å²) in [5.41, 5.74) is 1.07. The van der Waals surface area contributed by atoms with Crippen molar-refractivity contribution in [3.05, 3.63) is 48.7 Å². The number of aryl methyl sites for hydroxylation is 1. The molecular weight excluding hydrogens is 385 g/mol.